The van der Waals surface area contributed by atoms with Gasteiger partial charge in [0.05, 0.1) is 6.61 Å². The number of aliphatic hydroxyl groups is 1. The Balaban J connectivity index is 1.97. The fourth-order valence-electron chi connectivity index (χ4n) is 2.87. The second-order valence-electron chi connectivity index (χ2n) is 5.22. The minimum Gasteiger partial charge on any atom is -0.392 e. The normalized spacial score (nSPS) is 14.8. The van der Waals surface area contributed by atoms with Crippen LogP contribution in [0.5, 0.6) is 0 Å². The lowest BCUT2D eigenvalue weighted by molar-refractivity contribution is 0.282. The number of hydrogen-bond acceptors (Lipinski definition) is 2. The van der Waals surface area contributed by atoms with Crippen LogP contribution in [-0.4, -0.2) is 11.7 Å². The zero-order chi connectivity index (χ0) is 13.9. The van der Waals surface area contributed by atoms with E-state index in [9.17, 15) is 5.11 Å². The van der Waals surface area contributed by atoms with Gasteiger partial charge in [-0.3, -0.25) is 0 Å². The molecule has 0 aliphatic carbocycles. The molecule has 104 valence electrons. The molecule has 2 aromatic rings. The van der Waals surface area contributed by atoms with E-state index < -0.39 is 0 Å². The summed E-state index contributed by atoms with van der Waals surface area (Å²) in [5, 5.41) is 10.3. The number of aryl methyl sites for hydroxylation is 1. The minimum atomic E-state index is 0.0463. The molecule has 0 aromatic heterocycles. The van der Waals surface area contributed by atoms with Gasteiger partial charge in [-0.25, -0.2) is 0 Å². The number of aliphatic hydroxyl groups excluding tert-OH is 1. The first-order valence-electron chi connectivity index (χ1n) is 6.99. The van der Waals surface area contributed by atoms with E-state index in [2.05, 4.69) is 29.2 Å². The van der Waals surface area contributed by atoms with Crippen molar-refractivity contribution in [2.45, 2.75) is 26.0 Å². The average molecular weight is 288 g/mol. The number of rotatable bonds is 2. The van der Waals surface area contributed by atoms with Crippen molar-refractivity contribution in [3.63, 3.8) is 0 Å². The van der Waals surface area contributed by atoms with Crippen LogP contribution < -0.4 is 4.90 Å². The molecule has 3 heteroatoms. The van der Waals surface area contributed by atoms with E-state index in [1.165, 1.54) is 11.1 Å². The highest BCUT2D eigenvalue weighted by Crippen LogP contribution is 2.29. The van der Waals surface area contributed by atoms with Crippen LogP contribution in [0.2, 0.25) is 5.02 Å². The summed E-state index contributed by atoms with van der Waals surface area (Å²) >= 11 is 6.13. The van der Waals surface area contributed by atoms with E-state index >= 15 is 0 Å². The molecule has 0 saturated carbocycles. The number of hydrogen-bond donors (Lipinski definition) is 1. The Hall–Kier alpha value is -1.51. The molecule has 0 spiro atoms. The van der Waals surface area contributed by atoms with Gasteiger partial charge in [-0.05, 0) is 36.1 Å². The lowest BCUT2D eigenvalue weighted by Gasteiger charge is -2.25. The molecule has 1 aliphatic rings. The molecule has 1 aliphatic heterocycles. The van der Waals surface area contributed by atoms with E-state index in [1.807, 2.05) is 18.2 Å². The molecular formula is C17H18ClNO. The highest BCUT2D eigenvalue weighted by atomic mass is 35.5. The first kappa shape index (κ1) is 13.5. The topological polar surface area (TPSA) is 23.5 Å². The number of anilines is 1. The fourth-order valence-corrected chi connectivity index (χ4v) is 3.04. The van der Waals surface area contributed by atoms with E-state index in [1.54, 1.807) is 0 Å². The van der Waals surface area contributed by atoms with Gasteiger partial charge in [0.15, 0.2) is 0 Å². The highest BCUT2D eigenvalue weighted by Gasteiger charge is 2.17. The summed E-state index contributed by atoms with van der Waals surface area (Å²) in [7, 11) is 0. The fraction of sp³-hybridized carbons (Fsp3) is 0.294. The Morgan fingerprint density at radius 2 is 1.90 bits per heavy atom. The maximum atomic E-state index is 9.54. The molecule has 0 unspecified atom stereocenters. The summed E-state index contributed by atoms with van der Waals surface area (Å²) in [6, 6.07) is 14.3. The second-order valence-corrected chi connectivity index (χ2v) is 5.66. The predicted octanol–water partition coefficient (Wildman–Crippen LogP) is 3.79. The average Bonchev–Trinajstić information content (AvgIpc) is 2.69. The highest BCUT2D eigenvalue weighted by molar-refractivity contribution is 6.30. The smallest absolute Gasteiger partial charge is 0.0702 e. The van der Waals surface area contributed by atoms with Crippen molar-refractivity contribution >= 4 is 17.3 Å². The van der Waals surface area contributed by atoms with E-state index in [-0.39, 0.29) is 6.61 Å². The Kier molecular flexibility index (Phi) is 3.95. The monoisotopic (exact) mass is 287 g/mol. The number of benzene rings is 2. The zero-order valence-electron chi connectivity index (χ0n) is 11.3. The third-order valence-corrected chi connectivity index (χ3v) is 4.15. The lowest BCUT2D eigenvalue weighted by Crippen LogP contribution is -2.23. The maximum Gasteiger partial charge on any atom is 0.0702 e. The quantitative estimate of drug-likeness (QED) is 0.908. The summed E-state index contributed by atoms with van der Waals surface area (Å²) in [6.45, 7) is 1.91. The summed E-state index contributed by atoms with van der Waals surface area (Å²) in [6.07, 6.45) is 2.23. The van der Waals surface area contributed by atoms with Crippen molar-refractivity contribution in [2.75, 3.05) is 11.4 Å². The summed E-state index contributed by atoms with van der Waals surface area (Å²) < 4.78 is 0. The molecule has 1 heterocycles. The summed E-state index contributed by atoms with van der Waals surface area (Å²) in [4.78, 5) is 2.32. The van der Waals surface area contributed by atoms with Crippen LogP contribution in [0.25, 0.3) is 0 Å². The van der Waals surface area contributed by atoms with Crippen LogP contribution in [0.15, 0.2) is 42.5 Å². The molecule has 0 saturated heterocycles. The van der Waals surface area contributed by atoms with Gasteiger partial charge >= 0.3 is 0 Å². The second kappa shape index (κ2) is 5.86. The maximum absolute atomic E-state index is 9.54. The van der Waals surface area contributed by atoms with Gasteiger partial charge < -0.3 is 10.0 Å². The minimum absolute atomic E-state index is 0.0463. The van der Waals surface area contributed by atoms with Crippen LogP contribution in [0.3, 0.4) is 0 Å². The Bertz CT molecular complexity index is 612. The zero-order valence-corrected chi connectivity index (χ0v) is 12.1. The third kappa shape index (κ3) is 2.67. The molecule has 20 heavy (non-hydrogen) atoms. The van der Waals surface area contributed by atoms with Crippen LogP contribution in [0.4, 0.5) is 5.69 Å². The Morgan fingerprint density at radius 3 is 2.70 bits per heavy atom. The largest absolute Gasteiger partial charge is 0.392 e. The first-order valence-corrected chi connectivity index (χ1v) is 7.37. The van der Waals surface area contributed by atoms with Gasteiger partial charge in [0, 0.05) is 29.4 Å². The molecule has 2 aromatic carbocycles. The van der Waals surface area contributed by atoms with Crippen molar-refractivity contribution in [3.05, 3.63) is 64.2 Å². The number of halogens is 1. The number of nitrogens with zero attached hydrogens (tertiary/aromatic N) is 1. The van der Waals surface area contributed by atoms with E-state index in [4.69, 9.17) is 11.6 Å². The van der Waals surface area contributed by atoms with Gasteiger partial charge in [-0.1, -0.05) is 41.9 Å². The number of fused-ring (bicyclic) bond motifs is 1. The van der Waals surface area contributed by atoms with Crippen LogP contribution in [0, 0.1) is 0 Å². The molecule has 0 atom stereocenters. The molecular weight excluding hydrogens is 270 g/mol. The molecule has 0 amide bonds. The van der Waals surface area contributed by atoms with Gasteiger partial charge in [-0.15, -0.1) is 0 Å². The lowest BCUT2D eigenvalue weighted by atomic mass is 10.0. The van der Waals surface area contributed by atoms with Crippen LogP contribution in [-0.2, 0) is 19.6 Å². The summed E-state index contributed by atoms with van der Waals surface area (Å²) in [5.41, 5.74) is 4.79. The van der Waals surface area contributed by atoms with Crippen LogP contribution in [0.1, 0.15) is 23.1 Å². The van der Waals surface area contributed by atoms with Gasteiger partial charge in [-0.2, -0.15) is 0 Å². The Morgan fingerprint density at radius 1 is 1.10 bits per heavy atom. The van der Waals surface area contributed by atoms with Gasteiger partial charge in [0.25, 0.3) is 0 Å². The van der Waals surface area contributed by atoms with Crippen molar-refractivity contribution in [3.8, 4) is 0 Å². The molecule has 1 N–H and O–H groups in total. The van der Waals surface area contributed by atoms with Crippen molar-refractivity contribution in [1.29, 1.82) is 0 Å². The predicted molar refractivity (Wildman–Crippen MR) is 83.2 cm³/mol. The molecule has 0 bridgehead atoms. The summed E-state index contributed by atoms with van der Waals surface area (Å²) in [5.74, 6) is 0. The van der Waals surface area contributed by atoms with Crippen molar-refractivity contribution in [2.24, 2.45) is 0 Å². The van der Waals surface area contributed by atoms with Crippen molar-refractivity contribution in [1.82, 2.24) is 0 Å². The van der Waals surface area contributed by atoms with Gasteiger partial charge in [0.2, 0.25) is 0 Å². The molecule has 2 nitrogen and oxygen atoms in total. The molecule has 0 fully saturated rings. The SMILES string of the molecule is OCc1ccc(Cl)cc1N1CCCc2ccccc2C1. The molecule has 0 radical (unpaired) electrons. The van der Waals surface area contributed by atoms with E-state index in [0.717, 1.165) is 42.2 Å². The van der Waals surface area contributed by atoms with Crippen molar-refractivity contribution < 1.29 is 5.11 Å². The standard InChI is InChI=1S/C17H18ClNO/c18-16-8-7-15(12-20)17(10-16)19-9-3-6-13-4-1-2-5-14(13)11-19/h1-2,4-5,7-8,10,20H,3,6,9,11-12H2. The first-order chi connectivity index (χ1) is 9.78. The Labute approximate surface area is 124 Å². The van der Waals surface area contributed by atoms with Gasteiger partial charge in [0.1, 0.15) is 0 Å². The van der Waals surface area contributed by atoms with Crippen LogP contribution >= 0.6 is 11.6 Å². The molecule has 3 rings (SSSR count). The third-order valence-electron chi connectivity index (χ3n) is 3.91. The van der Waals surface area contributed by atoms with E-state index in [0.29, 0.717) is 0 Å².